The SMILES string of the molecule is C=C(CCC)OO[C@H]1CC[C@@]2(C)C(=C[C@H](O)C3C4C[C@@H](C)[C@H](OC(C)=O)[C@@]4(CO)CCC32)C1.C=C(CCC)OO[C@H]1CC[C@@]2(C)C(C1)C[C@H](O)C1C2CC[C@@]2(CO)C1C[C@@H](Br)[C@@H]2OC(C)=O. The quantitative estimate of drug-likeness (QED) is 0.0325. The van der Waals surface area contributed by atoms with E-state index < -0.39 is 23.0 Å². The summed E-state index contributed by atoms with van der Waals surface area (Å²) in [6.45, 7) is 21.8. The average Bonchev–Trinajstić information content (AvgIpc) is 3.71. The molecule has 0 spiro atoms. The molecule has 0 amide bonds. The van der Waals surface area contributed by atoms with Crippen LogP contribution >= 0.6 is 15.9 Å². The third-order valence-electron chi connectivity index (χ3n) is 19.2. The summed E-state index contributed by atoms with van der Waals surface area (Å²) < 4.78 is 11.5. The predicted molar refractivity (Wildman–Crippen MR) is 253 cm³/mol. The first-order valence-electron chi connectivity index (χ1n) is 25.6. The van der Waals surface area contributed by atoms with Crippen molar-refractivity contribution in [1.82, 2.24) is 0 Å². The Hall–Kier alpha value is -2.00. The Labute approximate surface area is 403 Å². The Balaban J connectivity index is 0.000000196. The van der Waals surface area contributed by atoms with Crippen molar-refractivity contribution < 1.29 is 59.0 Å². The first-order chi connectivity index (χ1) is 31.3. The summed E-state index contributed by atoms with van der Waals surface area (Å²) in [5.74, 6) is 2.49. The fraction of sp³-hybridized carbons (Fsp3) is 0.849. The molecule has 19 atom stereocenters. The van der Waals surface area contributed by atoms with Gasteiger partial charge in [0.25, 0.3) is 0 Å². The zero-order valence-electron chi connectivity index (χ0n) is 41.0. The molecule has 0 bridgehead atoms. The van der Waals surface area contributed by atoms with Gasteiger partial charge in [0.2, 0.25) is 0 Å². The summed E-state index contributed by atoms with van der Waals surface area (Å²) in [4.78, 5) is 46.1. The van der Waals surface area contributed by atoms with Crippen LogP contribution in [0.5, 0.6) is 0 Å². The Morgan fingerprint density at radius 1 is 0.727 bits per heavy atom. The van der Waals surface area contributed by atoms with Gasteiger partial charge in [-0.3, -0.25) is 9.59 Å². The van der Waals surface area contributed by atoms with Gasteiger partial charge in [0.1, 0.15) is 35.9 Å². The molecule has 13 heteroatoms. The average molecular weight is 992 g/mol. The van der Waals surface area contributed by atoms with Gasteiger partial charge in [-0.15, -0.1) is 0 Å². The van der Waals surface area contributed by atoms with Gasteiger partial charge in [-0.2, -0.15) is 9.78 Å². The number of rotatable bonds is 14. The zero-order chi connectivity index (χ0) is 47.9. The summed E-state index contributed by atoms with van der Waals surface area (Å²) in [5.41, 5.74) is 0.486. The van der Waals surface area contributed by atoms with Gasteiger partial charge in [-0.05, 0) is 154 Å². The second-order valence-corrected chi connectivity index (χ2v) is 23.9. The molecule has 8 aliphatic rings. The highest BCUT2D eigenvalue weighted by atomic mass is 79.9. The number of fused-ring (bicyclic) bond motifs is 10. The van der Waals surface area contributed by atoms with Crippen LogP contribution in [0.25, 0.3) is 0 Å². The number of aliphatic hydroxyl groups excluding tert-OH is 4. The molecule has 0 aliphatic heterocycles. The number of aliphatic hydroxyl groups is 4. The minimum absolute atomic E-state index is 0.00191. The number of ether oxygens (including phenoxy) is 2. The number of alkyl halides is 1. The van der Waals surface area contributed by atoms with Gasteiger partial charge in [0, 0.05) is 37.5 Å². The van der Waals surface area contributed by atoms with Crippen LogP contribution in [0.4, 0.5) is 0 Å². The molecule has 4 N–H and O–H groups in total. The Morgan fingerprint density at radius 3 is 1.89 bits per heavy atom. The maximum absolute atomic E-state index is 11.8. The number of esters is 2. The van der Waals surface area contributed by atoms with E-state index in [0.717, 1.165) is 109 Å². The van der Waals surface area contributed by atoms with Crippen LogP contribution in [-0.4, -0.2) is 87.0 Å². The lowest BCUT2D eigenvalue weighted by atomic mass is 9.44. The molecule has 66 heavy (non-hydrogen) atoms. The Morgan fingerprint density at radius 2 is 1.29 bits per heavy atom. The van der Waals surface area contributed by atoms with Gasteiger partial charge in [0.05, 0.1) is 30.2 Å². The summed E-state index contributed by atoms with van der Waals surface area (Å²) >= 11 is 3.76. The summed E-state index contributed by atoms with van der Waals surface area (Å²) in [6.07, 6.45) is 15.5. The van der Waals surface area contributed by atoms with E-state index in [9.17, 15) is 30.0 Å². The third-order valence-corrected chi connectivity index (χ3v) is 20.0. The molecule has 7 unspecified atom stereocenters. The molecule has 0 aromatic heterocycles. The van der Waals surface area contributed by atoms with E-state index in [1.165, 1.54) is 19.4 Å². The topological polar surface area (TPSA) is 170 Å². The molecular weight excluding hydrogens is 908 g/mol. The number of allylic oxidation sites excluding steroid dienone is 2. The number of halogens is 1. The van der Waals surface area contributed by atoms with E-state index in [1.807, 2.05) is 0 Å². The Kier molecular flexibility index (Phi) is 16.3. The fourth-order valence-corrected chi connectivity index (χ4v) is 17.1. The van der Waals surface area contributed by atoms with E-state index in [-0.39, 0.29) is 94.8 Å². The van der Waals surface area contributed by atoms with Crippen molar-refractivity contribution in [3.63, 3.8) is 0 Å². The van der Waals surface area contributed by atoms with Crippen LogP contribution < -0.4 is 0 Å². The third kappa shape index (κ3) is 9.48. The van der Waals surface area contributed by atoms with E-state index in [0.29, 0.717) is 29.3 Å². The molecule has 0 aromatic carbocycles. The highest BCUT2D eigenvalue weighted by Gasteiger charge is 2.68. The minimum Gasteiger partial charge on any atom is -0.462 e. The van der Waals surface area contributed by atoms with E-state index in [1.54, 1.807) is 0 Å². The first kappa shape index (κ1) is 51.8. The fourth-order valence-electron chi connectivity index (χ4n) is 16.1. The van der Waals surface area contributed by atoms with E-state index >= 15 is 0 Å². The van der Waals surface area contributed by atoms with Crippen molar-refractivity contribution in [3.8, 4) is 0 Å². The van der Waals surface area contributed by atoms with Crippen molar-refractivity contribution in [2.75, 3.05) is 13.2 Å². The molecule has 374 valence electrons. The first-order valence-corrected chi connectivity index (χ1v) is 26.5. The second kappa shape index (κ2) is 20.8. The highest BCUT2D eigenvalue weighted by molar-refractivity contribution is 9.09. The van der Waals surface area contributed by atoms with Crippen molar-refractivity contribution in [2.24, 2.45) is 69.0 Å². The number of hydrogen-bond donors (Lipinski definition) is 4. The van der Waals surface area contributed by atoms with Crippen LogP contribution in [0, 0.1) is 69.0 Å². The number of hydrogen-bond acceptors (Lipinski definition) is 12. The maximum Gasteiger partial charge on any atom is 0.302 e. The molecule has 8 aliphatic carbocycles. The lowest BCUT2D eigenvalue weighted by Gasteiger charge is -2.62. The maximum atomic E-state index is 11.8. The predicted octanol–water partition coefficient (Wildman–Crippen LogP) is 9.61. The summed E-state index contributed by atoms with van der Waals surface area (Å²) in [6, 6.07) is 0. The monoisotopic (exact) mass is 991 g/mol. The second-order valence-electron chi connectivity index (χ2n) is 22.8. The van der Waals surface area contributed by atoms with Crippen LogP contribution in [-0.2, 0) is 38.6 Å². The smallest absolute Gasteiger partial charge is 0.302 e. The van der Waals surface area contributed by atoms with E-state index in [4.69, 9.17) is 29.0 Å². The molecule has 0 heterocycles. The molecule has 8 rings (SSSR count). The van der Waals surface area contributed by atoms with Crippen molar-refractivity contribution >= 4 is 27.9 Å². The molecular formula is C53H83BrO12. The van der Waals surface area contributed by atoms with Gasteiger partial charge in [0.15, 0.2) is 0 Å². The van der Waals surface area contributed by atoms with Gasteiger partial charge >= 0.3 is 11.9 Å². The number of carbonyl (C=O) groups is 2. The van der Waals surface area contributed by atoms with Crippen LogP contribution in [0.3, 0.4) is 0 Å². The van der Waals surface area contributed by atoms with Crippen molar-refractivity contribution in [1.29, 1.82) is 0 Å². The summed E-state index contributed by atoms with van der Waals surface area (Å²) in [7, 11) is 0. The number of carbonyl (C=O) groups excluding carboxylic acids is 2. The molecule has 0 saturated heterocycles. The summed E-state index contributed by atoms with van der Waals surface area (Å²) in [5, 5.41) is 44.0. The Bertz CT molecular complexity index is 1790. The van der Waals surface area contributed by atoms with Crippen LogP contribution in [0.1, 0.15) is 158 Å². The molecule has 7 saturated carbocycles. The lowest BCUT2D eigenvalue weighted by molar-refractivity contribution is -0.313. The largest absolute Gasteiger partial charge is 0.462 e. The van der Waals surface area contributed by atoms with Crippen molar-refractivity contribution in [3.05, 3.63) is 36.3 Å². The van der Waals surface area contributed by atoms with Gasteiger partial charge < -0.3 is 39.7 Å². The standard InChI is InChI=1S/C27H42O6.C26H41BrO6/c1-6-7-17(3)32-33-20-8-10-26(5)19(13-20)14-23(30)24-21(26)9-11-27(15-28)22(24)12-16(2)25(27)31-18(4)29;1-5-6-15(2)32-33-18-7-9-25(4)17(11-18)12-22(30)23-19(25)8-10-26(14-28)20(23)13-21(27)24(26)31-16(3)29/h14,16,20-25,28,30H,3,6-13,15H2,1-2,4-5H3;17-24,28,30H,2,5-14H2,1,3-4H3/t16-,20+,21?,22?,23+,24?,25+,26+,27-;17?,18-,19?,20?,21+,22-,23?,24-,25-,26+/m10/s1. The molecule has 12 nitrogen and oxygen atoms in total. The van der Waals surface area contributed by atoms with Crippen LogP contribution in [0.2, 0.25) is 0 Å². The van der Waals surface area contributed by atoms with E-state index in [2.05, 4.69) is 69.8 Å². The highest BCUT2D eigenvalue weighted by Crippen LogP contribution is 2.69. The normalized spacial score (nSPS) is 45.4. The molecule has 0 aromatic rings. The molecule has 0 radical (unpaired) electrons. The molecule has 7 fully saturated rings. The zero-order valence-corrected chi connectivity index (χ0v) is 42.6. The van der Waals surface area contributed by atoms with Crippen LogP contribution in [0.15, 0.2) is 36.3 Å². The van der Waals surface area contributed by atoms with Crippen molar-refractivity contribution in [2.45, 2.75) is 199 Å². The lowest BCUT2D eigenvalue weighted by Crippen LogP contribution is -2.60. The minimum atomic E-state index is -0.563. The van der Waals surface area contributed by atoms with Gasteiger partial charge in [-0.1, -0.05) is 75.4 Å². The van der Waals surface area contributed by atoms with Gasteiger partial charge in [-0.25, -0.2) is 0 Å².